The summed E-state index contributed by atoms with van der Waals surface area (Å²) in [5.74, 6) is 0.594. The highest BCUT2D eigenvalue weighted by molar-refractivity contribution is 6.31. The van der Waals surface area contributed by atoms with Crippen LogP contribution < -0.4 is 21.0 Å². The molecular weight excluding hydrogens is 436 g/mol. The Labute approximate surface area is 199 Å². The minimum absolute atomic E-state index is 0.0144. The molecule has 2 atom stereocenters. The van der Waals surface area contributed by atoms with Crippen molar-refractivity contribution in [2.24, 2.45) is 5.10 Å². The zero-order chi connectivity index (χ0) is 23.2. The summed E-state index contributed by atoms with van der Waals surface area (Å²) in [4.78, 5) is 12.6. The number of aryl methyl sites for hydroxylation is 1. The van der Waals surface area contributed by atoms with Crippen LogP contribution >= 0.6 is 11.6 Å². The van der Waals surface area contributed by atoms with Gasteiger partial charge in [0.15, 0.2) is 0 Å². The smallest absolute Gasteiger partial charge is 0.258 e. The third-order valence-electron chi connectivity index (χ3n) is 5.66. The Kier molecular flexibility index (Phi) is 7.40. The first-order chi connectivity index (χ1) is 16.0. The molecule has 6 nitrogen and oxygen atoms in total. The van der Waals surface area contributed by atoms with Gasteiger partial charge in [0.2, 0.25) is 0 Å². The summed E-state index contributed by atoms with van der Waals surface area (Å²) in [5.41, 5.74) is 13.9. The maximum absolute atomic E-state index is 12.6. The lowest BCUT2D eigenvalue weighted by molar-refractivity contribution is -0.122. The fourth-order valence-electron chi connectivity index (χ4n) is 3.60. The molecule has 7 heteroatoms. The summed E-state index contributed by atoms with van der Waals surface area (Å²) in [7, 11) is 0. The molecule has 1 aliphatic heterocycles. The summed E-state index contributed by atoms with van der Waals surface area (Å²) in [6, 6.07) is 23.2. The summed E-state index contributed by atoms with van der Waals surface area (Å²) in [5, 5.41) is 4.95. The van der Waals surface area contributed by atoms with E-state index in [0.29, 0.717) is 18.1 Å². The second-order valence-electron chi connectivity index (χ2n) is 8.12. The highest BCUT2D eigenvalue weighted by Gasteiger charge is 2.30. The number of carbonyl (C=O) groups is 1. The first-order valence-corrected chi connectivity index (χ1v) is 11.3. The van der Waals surface area contributed by atoms with E-state index >= 15 is 0 Å². The molecule has 3 N–H and O–H groups in total. The molecule has 0 spiro atoms. The number of hydrogen-bond donors (Lipinski definition) is 3. The van der Waals surface area contributed by atoms with Gasteiger partial charge < -0.3 is 4.74 Å². The molecule has 1 fully saturated rings. The largest absolute Gasteiger partial charge is 0.489 e. The van der Waals surface area contributed by atoms with Gasteiger partial charge in [-0.1, -0.05) is 71.8 Å². The quantitative estimate of drug-likeness (QED) is 0.352. The molecule has 3 aromatic carbocycles. The van der Waals surface area contributed by atoms with Gasteiger partial charge in [-0.25, -0.2) is 16.3 Å². The third kappa shape index (κ3) is 5.99. The molecule has 1 saturated heterocycles. The van der Waals surface area contributed by atoms with E-state index in [9.17, 15) is 4.79 Å². The fourth-order valence-corrected chi connectivity index (χ4v) is 3.79. The summed E-state index contributed by atoms with van der Waals surface area (Å²) >= 11 is 6.18. The van der Waals surface area contributed by atoms with Gasteiger partial charge in [-0.2, -0.15) is 5.10 Å². The van der Waals surface area contributed by atoms with Crippen molar-refractivity contribution < 1.29 is 9.53 Å². The summed E-state index contributed by atoms with van der Waals surface area (Å²) < 4.78 is 5.85. The van der Waals surface area contributed by atoms with E-state index in [0.717, 1.165) is 28.2 Å². The molecule has 0 aromatic heterocycles. The highest BCUT2D eigenvalue weighted by Crippen LogP contribution is 2.25. The third-order valence-corrected chi connectivity index (χ3v) is 6.03. The second kappa shape index (κ2) is 10.6. The molecule has 3 aromatic rings. The topological polar surface area (TPSA) is 74.8 Å². The molecule has 1 heterocycles. The van der Waals surface area contributed by atoms with Gasteiger partial charge in [-0.05, 0) is 49.6 Å². The zero-order valence-electron chi connectivity index (χ0n) is 18.6. The number of carbonyl (C=O) groups excluding carboxylic acids is 1. The lowest BCUT2D eigenvalue weighted by Crippen LogP contribution is -2.41. The van der Waals surface area contributed by atoms with Gasteiger partial charge >= 0.3 is 0 Å². The number of hydrazone groups is 1. The number of hydrazine groups is 1. The maximum atomic E-state index is 12.6. The van der Waals surface area contributed by atoms with E-state index < -0.39 is 0 Å². The lowest BCUT2D eigenvalue weighted by Gasteiger charge is -2.12. The molecule has 33 heavy (non-hydrogen) atoms. The molecule has 1 aliphatic rings. The van der Waals surface area contributed by atoms with E-state index in [1.807, 2.05) is 86.6 Å². The van der Waals surface area contributed by atoms with Crippen molar-refractivity contribution in [1.82, 2.24) is 16.3 Å². The van der Waals surface area contributed by atoms with Crippen LogP contribution in [0.25, 0.3) is 0 Å². The zero-order valence-corrected chi connectivity index (χ0v) is 19.4. The van der Waals surface area contributed by atoms with Crippen molar-refractivity contribution in [1.29, 1.82) is 0 Å². The van der Waals surface area contributed by atoms with Gasteiger partial charge in [0, 0.05) is 16.6 Å². The van der Waals surface area contributed by atoms with Crippen LogP contribution in [0.5, 0.6) is 5.75 Å². The van der Waals surface area contributed by atoms with Crippen LogP contribution in [0.15, 0.2) is 77.9 Å². The molecule has 4 rings (SSSR count). The van der Waals surface area contributed by atoms with Crippen LogP contribution in [0.4, 0.5) is 0 Å². The van der Waals surface area contributed by atoms with Crippen LogP contribution in [-0.2, 0) is 11.4 Å². The van der Waals surface area contributed by atoms with Crippen molar-refractivity contribution in [3.05, 3.63) is 100 Å². The number of halogens is 1. The SMILES string of the molecule is C/C(=N/NC(=O)C1CC(c2ccc(OCc3ccccc3Cl)cc2)NN1)c1ccc(C)cc1. The number of ether oxygens (including phenoxy) is 1. The van der Waals surface area contributed by atoms with Crippen molar-refractivity contribution >= 4 is 23.2 Å². The Bertz CT molecular complexity index is 1130. The van der Waals surface area contributed by atoms with Crippen LogP contribution in [0.3, 0.4) is 0 Å². The Morgan fingerprint density at radius 3 is 2.52 bits per heavy atom. The van der Waals surface area contributed by atoms with Crippen LogP contribution in [0.1, 0.15) is 41.6 Å². The first-order valence-electron chi connectivity index (χ1n) is 10.9. The molecule has 0 aliphatic carbocycles. The summed E-state index contributed by atoms with van der Waals surface area (Å²) in [6.07, 6.45) is 0.616. The molecule has 170 valence electrons. The number of nitrogens with one attached hydrogen (secondary N) is 3. The minimum atomic E-state index is -0.374. The number of hydrogen-bond acceptors (Lipinski definition) is 5. The molecular formula is C26H27ClN4O2. The fraction of sp³-hybridized carbons (Fsp3) is 0.231. The van der Waals surface area contributed by atoms with Crippen LogP contribution in [0.2, 0.25) is 5.02 Å². The molecule has 1 amide bonds. The standard InChI is InChI=1S/C26H27ClN4O2/c1-17-7-9-19(10-8-17)18(2)28-31-26(32)25-15-24(29-30-25)20-11-13-22(14-12-20)33-16-21-5-3-4-6-23(21)27/h3-14,24-25,29-30H,15-16H2,1-2H3,(H,31,32)/b28-18-. The Morgan fingerprint density at radius 2 is 1.79 bits per heavy atom. The van der Waals surface area contributed by atoms with Gasteiger partial charge in [-0.3, -0.25) is 4.79 Å². The lowest BCUT2D eigenvalue weighted by atomic mass is 10.0. The average Bonchev–Trinajstić information content (AvgIpc) is 3.33. The van der Waals surface area contributed by atoms with Crippen molar-refractivity contribution in [3.63, 3.8) is 0 Å². The Hall–Kier alpha value is -3.19. The van der Waals surface area contributed by atoms with E-state index in [4.69, 9.17) is 16.3 Å². The molecule has 0 radical (unpaired) electrons. The minimum Gasteiger partial charge on any atom is -0.489 e. The van der Waals surface area contributed by atoms with E-state index in [2.05, 4.69) is 21.4 Å². The molecule has 2 unspecified atom stereocenters. The van der Waals surface area contributed by atoms with Gasteiger partial charge in [0.25, 0.3) is 5.91 Å². The number of nitrogens with zero attached hydrogens (tertiary/aromatic N) is 1. The van der Waals surface area contributed by atoms with Crippen LogP contribution in [0, 0.1) is 6.92 Å². The maximum Gasteiger partial charge on any atom is 0.258 e. The predicted octanol–water partition coefficient (Wildman–Crippen LogP) is 4.68. The van der Waals surface area contributed by atoms with Crippen molar-refractivity contribution in [2.75, 3.05) is 0 Å². The van der Waals surface area contributed by atoms with Crippen molar-refractivity contribution in [2.45, 2.75) is 39.0 Å². The van der Waals surface area contributed by atoms with Crippen LogP contribution in [-0.4, -0.2) is 17.7 Å². The number of amides is 1. The van der Waals surface area contributed by atoms with E-state index in [1.165, 1.54) is 5.56 Å². The monoisotopic (exact) mass is 462 g/mol. The predicted molar refractivity (Wildman–Crippen MR) is 131 cm³/mol. The average molecular weight is 463 g/mol. The Balaban J connectivity index is 1.29. The number of benzene rings is 3. The van der Waals surface area contributed by atoms with Gasteiger partial charge in [0.1, 0.15) is 18.4 Å². The van der Waals surface area contributed by atoms with Gasteiger partial charge in [0.05, 0.1) is 5.71 Å². The molecule has 0 saturated carbocycles. The highest BCUT2D eigenvalue weighted by atomic mass is 35.5. The summed E-state index contributed by atoms with van der Waals surface area (Å²) in [6.45, 7) is 4.32. The van der Waals surface area contributed by atoms with E-state index in [-0.39, 0.29) is 18.0 Å². The molecule has 0 bridgehead atoms. The van der Waals surface area contributed by atoms with Gasteiger partial charge in [-0.15, -0.1) is 0 Å². The second-order valence-corrected chi connectivity index (χ2v) is 8.53. The van der Waals surface area contributed by atoms with Crippen molar-refractivity contribution in [3.8, 4) is 5.75 Å². The Morgan fingerprint density at radius 1 is 1.06 bits per heavy atom. The number of rotatable bonds is 7. The first kappa shape index (κ1) is 23.0. The normalized spacial score (nSPS) is 18.2. The van der Waals surface area contributed by atoms with E-state index in [1.54, 1.807) is 0 Å².